The van der Waals surface area contributed by atoms with E-state index < -0.39 is 17.8 Å². The van der Waals surface area contributed by atoms with E-state index in [9.17, 15) is 19.2 Å². The van der Waals surface area contributed by atoms with Crippen molar-refractivity contribution in [3.05, 3.63) is 59.2 Å². The van der Waals surface area contributed by atoms with Crippen LogP contribution in [0.25, 0.3) is 0 Å². The van der Waals surface area contributed by atoms with Gasteiger partial charge in [0.15, 0.2) is 6.61 Å². The Labute approximate surface area is 187 Å². The molecule has 32 heavy (non-hydrogen) atoms. The third-order valence-electron chi connectivity index (χ3n) is 4.57. The Morgan fingerprint density at radius 1 is 0.812 bits per heavy atom. The van der Waals surface area contributed by atoms with Crippen molar-refractivity contribution in [3.8, 4) is 0 Å². The van der Waals surface area contributed by atoms with Gasteiger partial charge >= 0.3 is 11.9 Å². The molecule has 0 unspecified atom stereocenters. The Morgan fingerprint density at radius 2 is 1.47 bits per heavy atom. The molecule has 0 aromatic heterocycles. The zero-order chi connectivity index (χ0) is 23.5. The van der Waals surface area contributed by atoms with Crippen LogP contribution in [0.15, 0.2) is 42.5 Å². The van der Waals surface area contributed by atoms with E-state index in [1.165, 1.54) is 0 Å². The number of hydrogen-bond acceptors (Lipinski definition) is 6. The van der Waals surface area contributed by atoms with Crippen molar-refractivity contribution < 1.29 is 28.7 Å². The molecule has 170 valence electrons. The highest BCUT2D eigenvalue weighted by atomic mass is 16.5. The topological polar surface area (TPSA) is 111 Å². The Bertz CT molecular complexity index is 949. The summed E-state index contributed by atoms with van der Waals surface area (Å²) in [6.45, 7) is 5.40. The molecule has 0 bridgehead atoms. The lowest BCUT2D eigenvalue weighted by atomic mass is 10.1. The first kappa shape index (κ1) is 24.6. The van der Waals surface area contributed by atoms with Gasteiger partial charge < -0.3 is 20.1 Å². The zero-order valence-electron chi connectivity index (χ0n) is 18.5. The molecule has 0 atom stereocenters. The van der Waals surface area contributed by atoms with Crippen molar-refractivity contribution in [2.24, 2.45) is 0 Å². The molecule has 0 saturated carbocycles. The molecule has 2 amide bonds. The minimum absolute atomic E-state index is 0.0197. The van der Waals surface area contributed by atoms with E-state index in [4.69, 9.17) is 9.47 Å². The maximum absolute atomic E-state index is 12.0. The predicted molar refractivity (Wildman–Crippen MR) is 120 cm³/mol. The molecule has 8 heteroatoms. The minimum Gasteiger partial charge on any atom is -0.462 e. The van der Waals surface area contributed by atoms with Crippen LogP contribution >= 0.6 is 0 Å². The third kappa shape index (κ3) is 7.86. The molecule has 2 aromatic rings. The first-order valence-electron chi connectivity index (χ1n) is 10.4. The number of esters is 2. The largest absolute Gasteiger partial charge is 0.462 e. The van der Waals surface area contributed by atoms with Gasteiger partial charge in [-0.1, -0.05) is 18.2 Å². The van der Waals surface area contributed by atoms with Crippen LogP contribution < -0.4 is 10.6 Å². The Morgan fingerprint density at radius 3 is 2.09 bits per heavy atom. The summed E-state index contributed by atoms with van der Waals surface area (Å²) in [5.74, 6) is -1.66. The second kappa shape index (κ2) is 12.2. The highest BCUT2D eigenvalue weighted by Gasteiger charge is 2.12. The number of ether oxygens (including phenoxy) is 2. The Kier molecular flexibility index (Phi) is 9.41. The highest BCUT2D eigenvalue weighted by molar-refractivity contribution is 5.94. The maximum atomic E-state index is 12.0. The molecule has 0 saturated heterocycles. The summed E-state index contributed by atoms with van der Waals surface area (Å²) in [4.78, 5) is 47.5. The molecule has 0 aliphatic heterocycles. The van der Waals surface area contributed by atoms with Crippen molar-refractivity contribution in [3.63, 3.8) is 0 Å². The number of benzene rings is 2. The normalized spacial score (nSPS) is 10.2. The van der Waals surface area contributed by atoms with Crippen molar-refractivity contribution in [1.82, 2.24) is 0 Å². The number of hydrogen-bond donors (Lipinski definition) is 2. The van der Waals surface area contributed by atoms with Crippen molar-refractivity contribution in [2.75, 3.05) is 23.8 Å². The molecule has 2 rings (SSSR count). The molecule has 0 spiro atoms. The van der Waals surface area contributed by atoms with E-state index in [0.29, 0.717) is 16.9 Å². The van der Waals surface area contributed by atoms with E-state index in [-0.39, 0.29) is 38.4 Å². The van der Waals surface area contributed by atoms with Crippen LogP contribution in [0.2, 0.25) is 0 Å². The average Bonchev–Trinajstić information content (AvgIpc) is 2.75. The van der Waals surface area contributed by atoms with Crippen LogP contribution in [0.4, 0.5) is 11.4 Å². The van der Waals surface area contributed by atoms with Gasteiger partial charge in [0.1, 0.15) is 0 Å². The number of rotatable bonds is 10. The Hall–Kier alpha value is -3.68. The van der Waals surface area contributed by atoms with Gasteiger partial charge in [-0.15, -0.1) is 0 Å². The average molecular weight is 440 g/mol. The monoisotopic (exact) mass is 440 g/mol. The lowest BCUT2D eigenvalue weighted by molar-refractivity contribution is -0.147. The number of nitrogens with one attached hydrogen (secondary N) is 2. The minimum atomic E-state index is -0.548. The number of anilines is 2. The number of para-hydroxylation sites is 1. The highest BCUT2D eigenvalue weighted by Crippen LogP contribution is 2.19. The molecule has 0 heterocycles. The molecular weight excluding hydrogens is 412 g/mol. The summed E-state index contributed by atoms with van der Waals surface area (Å²) in [6, 6.07) is 12.0. The molecule has 2 aromatic carbocycles. The lowest BCUT2D eigenvalue weighted by Gasteiger charge is -2.11. The van der Waals surface area contributed by atoms with Gasteiger partial charge in [0.2, 0.25) is 5.91 Å². The van der Waals surface area contributed by atoms with Gasteiger partial charge in [0, 0.05) is 24.2 Å². The van der Waals surface area contributed by atoms with E-state index in [2.05, 4.69) is 10.6 Å². The first-order chi connectivity index (χ1) is 15.3. The summed E-state index contributed by atoms with van der Waals surface area (Å²) in [5, 5.41) is 5.44. The van der Waals surface area contributed by atoms with Crippen LogP contribution in [-0.4, -0.2) is 37.0 Å². The van der Waals surface area contributed by atoms with Crippen LogP contribution in [0.5, 0.6) is 0 Å². The number of aryl methyl sites for hydroxylation is 2. The zero-order valence-corrected chi connectivity index (χ0v) is 18.5. The summed E-state index contributed by atoms with van der Waals surface area (Å²) in [7, 11) is 0. The maximum Gasteiger partial charge on any atom is 0.338 e. The van der Waals surface area contributed by atoms with Crippen LogP contribution in [0.1, 0.15) is 47.7 Å². The standard InChI is InChI=1S/C24H28N2O6/c1-4-31-24(30)18-11-13-19(14-12-18)25-20(27)9-6-10-22(29)32-15-21(28)26-23-16(2)7-5-8-17(23)3/h5,7-8,11-14H,4,6,9-10,15H2,1-3H3,(H,25,27)(H,26,28). The first-order valence-corrected chi connectivity index (χ1v) is 10.4. The SMILES string of the molecule is CCOC(=O)c1ccc(NC(=O)CCCC(=O)OCC(=O)Nc2c(C)cccc2C)cc1. The van der Waals surface area contributed by atoms with Crippen molar-refractivity contribution in [2.45, 2.75) is 40.0 Å². The summed E-state index contributed by atoms with van der Waals surface area (Å²) < 4.78 is 9.89. The van der Waals surface area contributed by atoms with Crippen molar-refractivity contribution >= 4 is 35.1 Å². The van der Waals surface area contributed by atoms with Gasteiger partial charge in [0.05, 0.1) is 12.2 Å². The molecule has 0 aliphatic rings. The van der Waals surface area contributed by atoms with Gasteiger partial charge in [0.25, 0.3) is 5.91 Å². The van der Waals surface area contributed by atoms with Gasteiger partial charge in [-0.3, -0.25) is 14.4 Å². The fraction of sp³-hybridized carbons (Fsp3) is 0.333. The van der Waals surface area contributed by atoms with E-state index >= 15 is 0 Å². The summed E-state index contributed by atoms with van der Waals surface area (Å²) in [5.41, 5.74) is 3.49. The van der Waals surface area contributed by atoms with Gasteiger partial charge in [-0.05, 0) is 62.6 Å². The van der Waals surface area contributed by atoms with E-state index in [1.54, 1.807) is 31.2 Å². The molecule has 8 nitrogen and oxygen atoms in total. The van der Waals surface area contributed by atoms with Gasteiger partial charge in [-0.25, -0.2) is 4.79 Å². The smallest absolute Gasteiger partial charge is 0.338 e. The predicted octanol–water partition coefficient (Wildman–Crippen LogP) is 3.77. The Balaban J connectivity index is 1.67. The fourth-order valence-corrected chi connectivity index (χ4v) is 2.93. The lowest BCUT2D eigenvalue weighted by Crippen LogP contribution is -2.22. The molecule has 0 radical (unpaired) electrons. The molecule has 0 fully saturated rings. The number of carbonyl (C=O) groups excluding carboxylic acids is 4. The third-order valence-corrected chi connectivity index (χ3v) is 4.57. The quantitative estimate of drug-likeness (QED) is 0.544. The fourth-order valence-electron chi connectivity index (χ4n) is 2.93. The molecular formula is C24H28N2O6. The van der Waals surface area contributed by atoms with Crippen LogP contribution in [-0.2, 0) is 23.9 Å². The summed E-state index contributed by atoms with van der Waals surface area (Å²) >= 11 is 0. The molecule has 2 N–H and O–H groups in total. The van der Waals surface area contributed by atoms with Crippen molar-refractivity contribution in [1.29, 1.82) is 0 Å². The van der Waals surface area contributed by atoms with E-state index in [1.807, 2.05) is 32.0 Å². The van der Waals surface area contributed by atoms with E-state index in [0.717, 1.165) is 11.1 Å². The summed E-state index contributed by atoms with van der Waals surface area (Å²) in [6.07, 6.45) is 0.416. The second-order valence-electron chi connectivity index (χ2n) is 7.18. The molecule has 0 aliphatic carbocycles. The van der Waals surface area contributed by atoms with Crippen LogP contribution in [0, 0.1) is 13.8 Å². The van der Waals surface area contributed by atoms with Gasteiger partial charge in [-0.2, -0.15) is 0 Å². The number of amides is 2. The van der Waals surface area contributed by atoms with Crippen LogP contribution in [0.3, 0.4) is 0 Å². The number of carbonyl (C=O) groups is 4. The second-order valence-corrected chi connectivity index (χ2v) is 7.18.